The first-order valence-corrected chi connectivity index (χ1v) is 4.69. The van der Waals surface area contributed by atoms with E-state index in [1.807, 2.05) is 0 Å². The van der Waals surface area contributed by atoms with Crippen LogP contribution in [-0.4, -0.2) is 37.1 Å². The van der Waals surface area contributed by atoms with Crippen LogP contribution in [0.4, 0.5) is 0 Å². The van der Waals surface area contributed by atoms with Crippen LogP contribution >= 0.6 is 0 Å². The molecule has 2 heteroatoms. The third-order valence-electron chi connectivity index (χ3n) is 2.68. The highest BCUT2D eigenvalue weighted by Crippen LogP contribution is 2.17. The smallest absolute Gasteiger partial charge is 0.0244 e. The van der Waals surface area contributed by atoms with Crippen LogP contribution in [0.1, 0.15) is 26.7 Å². The maximum absolute atomic E-state index is 3.48. The summed E-state index contributed by atoms with van der Waals surface area (Å²) >= 11 is 0. The maximum Gasteiger partial charge on any atom is 0.0244 e. The lowest BCUT2D eigenvalue weighted by Gasteiger charge is -2.26. The van der Waals surface area contributed by atoms with Crippen molar-refractivity contribution in [3.8, 4) is 0 Å². The minimum atomic E-state index is 0.660. The van der Waals surface area contributed by atoms with Gasteiger partial charge in [0, 0.05) is 12.1 Å². The van der Waals surface area contributed by atoms with Crippen LogP contribution in [0.3, 0.4) is 0 Å². The Labute approximate surface area is 70.0 Å². The van der Waals surface area contributed by atoms with E-state index in [1.54, 1.807) is 0 Å². The molecular formula is C9H20N2. The van der Waals surface area contributed by atoms with Gasteiger partial charge >= 0.3 is 0 Å². The molecule has 0 aromatic rings. The highest BCUT2D eigenvalue weighted by molar-refractivity contribution is 4.84. The van der Waals surface area contributed by atoms with E-state index in [0.29, 0.717) is 6.04 Å². The van der Waals surface area contributed by atoms with E-state index in [2.05, 4.69) is 31.1 Å². The molecule has 66 valence electrons. The fraction of sp³-hybridized carbons (Fsp3) is 1.00. The van der Waals surface area contributed by atoms with E-state index in [1.165, 1.54) is 19.4 Å². The van der Waals surface area contributed by atoms with Crippen molar-refractivity contribution in [1.82, 2.24) is 10.2 Å². The second-order valence-electron chi connectivity index (χ2n) is 3.54. The first-order chi connectivity index (χ1) is 5.25. The summed E-state index contributed by atoms with van der Waals surface area (Å²) in [4.78, 5) is 2.47. The van der Waals surface area contributed by atoms with Crippen molar-refractivity contribution in [2.75, 3.05) is 20.1 Å². The fourth-order valence-electron chi connectivity index (χ4n) is 2.03. The molecule has 0 aromatic heterocycles. The third-order valence-corrected chi connectivity index (χ3v) is 2.68. The summed E-state index contributed by atoms with van der Waals surface area (Å²) < 4.78 is 0. The molecule has 1 aliphatic heterocycles. The van der Waals surface area contributed by atoms with E-state index in [-0.39, 0.29) is 0 Å². The Bertz CT molecular complexity index is 114. The standard InChI is InChI=1S/C9H20N2/c1-4-10-8(2)9-6-5-7-11(9)3/h8-10H,4-7H2,1-3H3. The first kappa shape index (κ1) is 9.01. The summed E-state index contributed by atoms with van der Waals surface area (Å²) in [6.45, 7) is 6.83. The molecule has 2 nitrogen and oxygen atoms in total. The fourth-order valence-corrected chi connectivity index (χ4v) is 2.03. The van der Waals surface area contributed by atoms with Crippen molar-refractivity contribution in [1.29, 1.82) is 0 Å². The summed E-state index contributed by atoms with van der Waals surface area (Å²) in [6, 6.07) is 1.43. The van der Waals surface area contributed by atoms with Gasteiger partial charge in [0.2, 0.25) is 0 Å². The van der Waals surface area contributed by atoms with Crippen molar-refractivity contribution in [2.24, 2.45) is 0 Å². The van der Waals surface area contributed by atoms with Gasteiger partial charge in [-0.05, 0) is 39.9 Å². The summed E-state index contributed by atoms with van der Waals surface area (Å²) in [5.74, 6) is 0. The molecule has 0 saturated carbocycles. The highest BCUT2D eigenvalue weighted by atomic mass is 15.2. The largest absolute Gasteiger partial charge is 0.313 e. The molecule has 0 radical (unpaired) electrons. The van der Waals surface area contributed by atoms with Gasteiger partial charge in [-0.1, -0.05) is 6.92 Å². The SMILES string of the molecule is CCNC(C)C1CCCN1C. The molecular weight excluding hydrogens is 136 g/mol. The number of nitrogens with one attached hydrogen (secondary N) is 1. The lowest BCUT2D eigenvalue weighted by Crippen LogP contribution is -2.43. The van der Waals surface area contributed by atoms with Crippen molar-refractivity contribution in [3.63, 3.8) is 0 Å². The second kappa shape index (κ2) is 4.07. The van der Waals surface area contributed by atoms with Gasteiger partial charge in [-0.25, -0.2) is 0 Å². The predicted molar refractivity (Wildman–Crippen MR) is 48.8 cm³/mol. The minimum absolute atomic E-state index is 0.660. The van der Waals surface area contributed by atoms with Crippen LogP contribution in [0.5, 0.6) is 0 Å². The van der Waals surface area contributed by atoms with Crippen molar-refractivity contribution in [3.05, 3.63) is 0 Å². The number of hydrogen-bond acceptors (Lipinski definition) is 2. The van der Waals surface area contributed by atoms with Gasteiger partial charge in [0.25, 0.3) is 0 Å². The molecule has 0 aliphatic carbocycles. The van der Waals surface area contributed by atoms with Gasteiger partial charge in [0.15, 0.2) is 0 Å². The minimum Gasteiger partial charge on any atom is -0.313 e. The van der Waals surface area contributed by atoms with Gasteiger partial charge in [0.05, 0.1) is 0 Å². The molecule has 1 heterocycles. The lowest BCUT2D eigenvalue weighted by molar-refractivity contribution is 0.256. The van der Waals surface area contributed by atoms with Gasteiger partial charge < -0.3 is 10.2 Å². The number of likely N-dealkylation sites (tertiary alicyclic amines) is 1. The van der Waals surface area contributed by atoms with Crippen molar-refractivity contribution >= 4 is 0 Å². The van der Waals surface area contributed by atoms with Crippen LogP contribution < -0.4 is 5.32 Å². The normalized spacial score (nSPS) is 29.2. The topological polar surface area (TPSA) is 15.3 Å². The van der Waals surface area contributed by atoms with Crippen molar-refractivity contribution in [2.45, 2.75) is 38.8 Å². The van der Waals surface area contributed by atoms with Gasteiger partial charge in [0.1, 0.15) is 0 Å². The summed E-state index contributed by atoms with van der Waals surface area (Å²) in [7, 11) is 2.23. The zero-order chi connectivity index (χ0) is 8.27. The lowest BCUT2D eigenvalue weighted by atomic mass is 10.1. The van der Waals surface area contributed by atoms with E-state index >= 15 is 0 Å². The Balaban J connectivity index is 2.33. The zero-order valence-electron chi connectivity index (χ0n) is 7.93. The van der Waals surface area contributed by atoms with Crippen LogP contribution in [0.15, 0.2) is 0 Å². The number of likely N-dealkylation sites (N-methyl/N-ethyl adjacent to an activating group) is 2. The molecule has 0 spiro atoms. The summed E-state index contributed by atoms with van der Waals surface area (Å²) in [5.41, 5.74) is 0. The Morgan fingerprint density at radius 2 is 2.36 bits per heavy atom. The highest BCUT2D eigenvalue weighted by Gasteiger charge is 2.25. The Kier molecular flexibility index (Phi) is 3.34. The molecule has 1 saturated heterocycles. The first-order valence-electron chi connectivity index (χ1n) is 4.69. The van der Waals surface area contributed by atoms with Gasteiger partial charge in [-0.2, -0.15) is 0 Å². The average Bonchev–Trinajstić information content (AvgIpc) is 2.36. The summed E-state index contributed by atoms with van der Waals surface area (Å²) in [5, 5.41) is 3.48. The summed E-state index contributed by atoms with van der Waals surface area (Å²) in [6.07, 6.45) is 2.74. The molecule has 11 heavy (non-hydrogen) atoms. The van der Waals surface area contributed by atoms with E-state index in [0.717, 1.165) is 12.6 Å². The zero-order valence-corrected chi connectivity index (χ0v) is 7.93. The molecule has 2 unspecified atom stereocenters. The number of rotatable bonds is 3. The Hall–Kier alpha value is -0.0800. The molecule has 1 N–H and O–H groups in total. The van der Waals surface area contributed by atoms with Crippen LogP contribution in [0.25, 0.3) is 0 Å². The molecule has 0 amide bonds. The molecule has 0 bridgehead atoms. The molecule has 1 fully saturated rings. The van der Waals surface area contributed by atoms with E-state index < -0.39 is 0 Å². The van der Waals surface area contributed by atoms with Gasteiger partial charge in [-0.15, -0.1) is 0 Å². The molecule has 2 atom stereocenters. The second-order valence-corrected chi connectivity index (χ2v) is 3.54. The van der Waals surface area contributed by atoms with E-state index in [9.17, 15) is 0 Å². The number of nitrogens with zero attached hydrogens (tertiary/aromatic N) is 1. The Morgan fingerprint density at radius 3 is 2.82 bits per heavy atom. The van der Waals surface area contributed by atoms with Crippen molar-refractivity contribution < 1.29 is 0 Å². The van der Waals surface area contributed by atoms with Crippen LogP contribution in [0.2, 0.25) is 0 Å². The molecule has 1 aliphatic rings. The van der Waals surface area contributed by atoms with Gasteiger partial charge in [-0.3, -0.25) is 0 Å². The van der Waals surface area contributed by atoms with Crippen LogP contribution in [0, 0.1) is 0 Å². The van der Waals surface area contributed by atoms with Crippen LogP contribution in [-0.2, 0) is 0 Å². The van der Waals surface area contributed by atoms with E-state index in [4.69, 9.17) is 0 Å². The monoisotopic (exact) mass is 156 g/mol. The molecule has 1 rings (SSSR count). The molecule has 0 aromatic carbocycles. The quantitative estimate of drug-likeness (QED) is 0.658. The third kappa shape index (κ3) is 2.17. The Morgan fingerprint density at radius 1 is 1.64 bits per heavy atom. The maximum atomic E-state index is 3.48. The predicted octanol–water partition coefficient (Wildman–Crippen LogP) is 1.08. The average molecular weight is 156 g/mol. The number of hydrogen-bond donors (Lipinski definition) is 1.